The van der Waals surface area contributed by atoms with E-state index >= 15 is 0 Å². The first-order valence-corrected chi connectivity index (χ1v) is 7.28. The maximum absolute atomic E-state index is 6.01. The van der Waals surface area contributed by atoms with Crippen molar-refractivity contribution in [2.24, 2.45) is 0 Å². The van der Waals surface area contributed by atoms with Gasteiger partial charge in [0.05, 0.1) is 6.61 Å². The van der Waals surface area contributed by atoms with E-state index in [9.17, 15) is 0 Å². The van der Waals surface area contributed by atoms with Gasteiger partial charge in [0.25, 0.3) is 0 Å². The van der Waals surface area contributed by atoms with Crippen LogP contribution in [0.15, 0.2) is 36.5 Å². The van der Waals surface area contributed by atoms with Crippen LogP contribution in [-0.2, 0) is 6.54 Å². The predicted molar refractivity (Wildman–Crippen MR) is 85.4 cm³/mol. The van der Waals surface area contributed by atoms with Gasteiger partial charge >= 0.3 is 0 Å². The Bertz CT molecular complexity index is 574. The second-order valence-electron chi connectivity index (χ2n) is 4.76. The molecule has 0 amide bonds. The molecule has 0 saturated heterocycles. The van der Waals surface area contributed by atoms with E-state index in [2.05, 4.69) is 28.7 Å². The molecule has 0 aliphatic carbocycles. The summed E-state index contributed by atoms with van der Waals surface area (Å²) in [6, 6.07) is 9.64. The number of ether oxygens (including phenoxy) is 1. The molecule has 2 aromatic rings. The van der Waals surface area contributed by atoms with Gasteiger partial charge in [0.15, 0.2) is 0 Å². The third-order valence-electron chi connectivity index (χ3n) is 3.15. The van der Waals surface area contributed by atoms with Crippen LogP contribution in [0.2, 0.25) is 0 Å². The minimum absolute atomic E-state index is 0.612. The van der Waals surface area contributed by atoms with Crippen LogP contribution in [0.4, 0.5) is 11.6 Å². The second-order valence-corrected chi connectivity index (χ2v) is 4.76. The third kappa shape index (κ3) is 4.08. The van der Waals surface area contributed by atoms with E-state index in [1.165, 1.54) is 0 Å². The number of hydrogen-bond acceptors (Lipinski definition) is 5. The van der Waals surface area contributed by atoms with Crippen LogP contribution in [0.5, 0.6) is 5.88 Å². The normalized spacial score (nSPS) is 10.4. The van der Waals surface area contributed by atoms with Crippen molar-refractivity contribution >= 4 is 11.6 Å². The lowest BCUT2D eigenvalue weighted by Gasteiger charge is -2.21. The fourth-order valence-corrected chi connectivity index (χ4v) is 1.98. The van der Waals surface area contributed by atoms with E-state index < -0.39 is 0 Å². The lowest BCUT2D eigenvalue weighted by molar-refractivity contribution is 0.304. The zero-order chi connectivity index (χ0) is 15.1. The summed E-state index contributed by atoms with van der Waals surface area (Å²) in [5, 5.41) is 0. The zero-order valence-electron chi connectivity index (χ0n) is 12.6. The summed E-state index contributed by atoms with van der Waals surface area (Å²) >= 11 is 0. The van der Waals surface area contributed by atoms with E-state index in [0.29, 0.717) is 25.0 Å². The Morgan fingerprint density at radius 3 is 2.71 bits per heavy atom. The minimum Gasteiger partial charge on any atom is -0.478 e. The molecule has 2 rings (SSSR count). The standard InChI is InChI=1S/C16H22N4O/c1-3-11-21-15-9-10-18-16(19-15)20(4-2)12-13-7-5-6-8-14(13)17/h5-10H,3-4,11-12,17H2,1-2H3. The number of nitrogen functional groups attached to an aromatic ring is 1. The highest BCUT2D eigenvalue weighted by molar-refractivity contribution is 5.48. The summed E-state index contributed by atoms with van der Waals surface area (Å²) in [7, 11) is 0. The van der Waals surface area contributed by atoms with Crippen LogP contribution >= 0.6 is 0 Å². The van der Waals surface area contributed by atoms with Crippen molar-refractivity contribution in [1.82, 2.24) is 9.97 Å². The number of aromatic nitrogens is 2. The molecular formula is C16H22N4O. The monoisotopic (exact) mass is 286 g/mol. The number of nitrogens with two attached hydrogens (primary N) is 1. The highest BCUT2D eigenvalue weighted by atomic mass is 16.5. The molecule has 1 aromatic heterocycles. The van der Waals surface area contributed by atoms with E-state index in [0.717, 1.165) is 24.2 Å². The van der Waals surface area contributed by atoms with Crippen molar-refractivity contribution < 1.29 is 4.74 Å². The average molecular weight is 286 g/mol. The van der Waals surface area contributed by atoms with Crippen LogP contribution in [0.25, 0.3) is 0 Å². The van der Waals surface area contributed by atoms with E-state index in [-0.39, 0.29) is 0 Å². The number of para-hydroxylation sites is 1. The minimum atomic E-state index is 0.612. The fraction of sp³-hybridized carbons (Fsp3) is 0.375. The Morgan fingerprint density at radius 1 is 1.19 bits per heavy atom. The maximum atomic E-state index is 6.01. The fourth-order valence-electron chi connectivity index (χ4n) is 1.98. The van der Waals surface area contributed by atoms with Crippen molar-refractivity contribution in [3.8, 4) is 5.88 Å². The molecule has 1 aromatic carbocycles. The molecule has 0 fully saturated rings. The van der Waals surface area contributed by atoms with Gasteiger partial charge in [-0.05, 0) is 25.0 Å². The molecular weight excluding hydrogens is 264 g/mol. The molecule has 0 atom stereocenters. The highest BCUT2D eigenvalue weighted by Crippen LogP contribution is 2.18. The summed E-state index contributed by atoms with van der Waals surface area (Å²) in [4.78, 5) is 10.9. The van der Waals surface area contributed by atoms with Gasteiger partial charge in [0.1, 0.15) is 0 Å². The number of anilines is 2. The van der Waals surface area contributed by atoms with Gasteiger partial charge in [-0.3, -0.25) is 0 Å². The van der Waals surface area contributed by atoms with Crippen molar-refractivity contribution in [2.75, 3.05) is 23.8 Å². The molecule has 0 spiro atoms. The van der Waals surface area contributed by atoms with Crippen molar-refractivity contribution in [1.29, 1.82) is 0 Å². The Morgan fingerprint density at radius 2 is 2.00 bits per heavy atom. The summed E-state index contributed by atoms with van der Waals surface area (Å²) in [6.45, 7) is 6.28. The summed E-state index contributed by atoms with van der Waals surface area (Å²) < 4.78 is 5.56. The highest BCUT2D eigenvalue weighted by Gasteiger charge is 2.11. The summed E-state index contributed by atoms with van der Waals surface area (Å²) in [5.41, 5.74) is 7.86. The van der Waals surface area contributed by atoms with Gasteiger partial charge in [-0.2, -0.15) is 4.98 Å². The van der Waals surface area contributed by atoms with Crippen molar-refractivity contribution in [2.45, 2.75) is 26.8 Å². The maximum Gasteiger partial charge on any atom is 0.228 e. The molecule has 0 radical (unpaired) electrons. The largest absolute Gasteiger partial charge is 0.478 e. The number of benzene rings is 1. The van der Waals surface area contributed by atoms with Gasteiger partial charge < -0.3 is 15.4 Å². The van der Waals surface area contributed by atoms with Gasteiger partial charge in [-0.1, -0.05) is 25.1 Å². The van der Waals surface area contributed by atoms with Gasteiger partial charge in [0, 0.05) is 31.0 Å². The van der Waals surface area contributed by atoms with E-state index in [1.807, 2.05) is 24.3 Å². The van der Waals surface area contributed by atoms with Crippen LogP contribution in [-0.4, -0.2) is 23.1 Å². The first-order chi connectivity index (χ1) is 10.2. The molecule has 2 N–H and O–H groups in total. The van der Waals surface area contributed by atoms with E-state index in [4.69, 9.17) is 10.5 Å². The lowest BCUT2D eigenvalue weighted by atomic mass is 10.2. The van der Waals surface area contributed by atoms with Crippen LogP contribution in [0, 0.1) is 0 Å². The predicted octanol–water partition coefficient (Wildman–Crippen LogP) is 2.87. The first kappa shape index (κ1) is 15.1. The first-order valence-electron chi connectivity index (χ1n) is 7.28. The number of rotatable bonds is 7. The average Bonchev–Trinajstić information content (AvgIpc) is 2.52. The molecule has 1 heterocycles. The molecule has 0 saturated carbocycles. The zero-order valence-corrected chi connectivity index (χ0v) is 12.6. The molecule has 0 aliphatic heterocycles. The molecule has 5 nitrogen and oxygen atoms in total. The number of hydrogen-bond donors (Lipinski definition) is 1. The molecule has 112 valence electrons. The Hall–Kier alpha value is -2.30. The molecule has 21 heavy (non-hydrogen) atoms. The van der Waals surface area contributed by atoms with Gasteiger partial charge in [-0.25, -0.2) is 4.98 Å². The van der Waals surface area contributed by atoms with Crippen LogP contribution < -0.4 is 15.4 Å². The molecule has 0 unspecified atom stereocenters. The summed E-state index contributed by atoms with van der Waals surface area (Å²) in [6.07, 6.45) is 2.68. The molecule has 0 bridgehead atoms. The second kappa shape index (κ2) is 7.47. The molecule has 0 aliphatic rings. The molecule has 5 heteroatoms. The quantitative estimate of drug-likeness (QED) is 0.793. The SMILES string of the molecule is CCCOc1ccnc(N(CC)Cc2ccccc2N)n1. The van der Waals surface area contributed by atoms with Crippen LogP contribution in [0.1, 0.15) is 25.8 Å². The van der Waals surface area contributed by atoms with Crippen molar-refractivity contribution in [3.05, 3.63) is 42.1 Å². The lowest BCUT2D eigenvalue weighted by Crippen LogP contribution is -2.24. The van der Waals surface area contributed by atoms with Gasteiger partial charge in [0.2, 0.25) is 11.8 Å². The number of nitrogens with zero attached hydrogens (tertiary/aromatic N) is 3. The van der Waals surface area contributed by atoms with Crippen LogP contribution in [0.3, 0.4) is 0 Å². The Labute approximate surface area is 125 Å². The topological polar surface area (TPSA) is 64.3 Å². The Balaban J connectivity index is 2.15. The third-order valence-corrected chi connectivity index (χ3v) is 3.15. The van der Waals surface area contributed by atoms with Gasteiger partial charge in [-0.15, -0.1) is 0 Å². The summed E-state index contributed by atoms with van der Waals surface area (Å²) in [5.74, 6) is 1.27. The van der Waals surface area contributed by atoms with Crippen molar-refractivity contribution in [3.63, 3.8) is 0 Å². The van der Waals surface area contributed by atoms with E-state index in [1.54, 1.807) is 12.3 Å². The smallest absolute Gasteiger partial charge is 0.228 e. The Kier molecular flexibility index (Phi) is 5.37.